The fourth-order valence-electron chi connectivity index (χ4n) is 2.20. The lowest BCUT2D eigenvalue weighted by atomic mass is 10.1. The maximum Gasteiger partial charge on any atom is 0.416 e. The summed E-state index contributed by atoms with van der Waals surface area (Å²) < 4.78 is 38.1. The second-order valence-electron chi connectivity index (χ2n) is 5.51. The predicted molar refractivity (Wildman–Crippen MR) is 106 cm³/mol. The van der Waals surface area contributed by atoms with Gasteiger partial charge in [0.2, 0.25) is 0 Å². The lowest BCUT2D eigenvalue weighted by molar-refractivity contribution is -0.137. The molecule has 0 aliphatic carbocycles. The van der Waals surface area contributed by atoms with Crippen LogP contribution in [-0.4, -0.2) is 10.9 Å². The number of para-hydroxylation sites is 1. The molecule has 0 bridgehead atoms. The number of rotatable bonds is 4. The van der Waals surface area contributed by atoms with Crippen LogP contribution in [0.5, 0.6) is 0 Å². The fourth-order valence-corrected chi connectivity index (χ4v) is 3.39. The van der Waals surface area contributed by atoms with Crippen LogP contribution in [0.4, 0.5) is 35.4 Å². The van der Waals surface area contributed by atoms with E-state index in [-0.39, 0.29) is 17.1 Å². The predicted octanol–water partition coefficient (Wildman–Crippen LogP) is 6.05. The lowest BCUT2D eigenvalue weighted by Crippen LogP contribution is -2.14. The SMILES string of the molecule is Nc1cc(C(F)(F)F)ccc1NC(=O)c1csc(Nc2c(Cl)cccc2Cl)n1. The van der Waals surface area contributed by atoms with E-state index in [1.165, 1.54) is 5.38 Å². The Morgan fingerprint density at radius 1 is 1.14 bits per heavy atom. The quantitative estimate of drug-likeness (QED) is 0.426. The van der Waals surface area contributed by atoms with Crippen molar-refractivity contribution >= 4 is 62.6 Å². The summed E-state index contributed by atoms with van der Waals surface area (Å²) in [4.78, 5) is 16.5. The van der Waals surface area contributed by atoms with Crippen LogP contribution < -0.4 is 16.4 Å². The molecule has 0 atom stereocenters. The number of carbonyl (C=O) groups excluding carboxylic acids is 1. The van der Waals surface area contributed by atoms with Gasteiger partial charge in [0.15, 0.2) is 5.13 Å². The Morgan fingerprint density at radius 2 is 1.82 bits per heavy atom. The first kappa shape index (κ1) is 20.2. The van der Waals surface area contributed by atoms with Crippen molar-refractivity contribution in [2.24, 2.45) is 0 Å². The second-order valence-corrected chi connectivity index (χ2v) is 7.19. The summed E-state index contributed by atoms with van der Waals surface area (Å²) in [6.07, 6.45) is -4.52. The van der Waals surface area contributed by atoms with E-state index in [0.29, 0.717) is 20.9 Å². The van der Waals surface area contributed by atoms with Crippen molar-refractivity contribution in [2.45, 2.75) is 6.18 Å². The molecule has 0 fully saturated rings. The molecule has 1 amide bonds. The summed E-state index contributed by atoms with van der Waals surface area (Å²) in [6, 6.07) is 7.65. The average molecular weight is 447 g/mol. The maximum absolute atomic E-state index is 12.7. The van der Waals surface area contributed by atoms with Crippen LogP contribution in [0.15, 0.2) is 41.8 Å². The van der Waals surface area contributed by atoms with E-state index in [1.54, 1.807) is 18.2 Å². The molecule has 2 aromatic carbocycles. The number of nitrogens with two attached hydrogens (primary N) is 1. The number of hydrogen-bond acceptors (Lipinski definition) is 5. The zero-order valence-corrected chi connectivity index (χ0v) is 16.1. The third-order valence-electron chi connectivity index (χ3n) is 3.56. The van der Waals surface area contributed by atoms with E-state index in [1.807, 2.05) is 0 Å². The summed E-state index contributed by atoms with van der Waals surface area (Å²) in [5, 5.41) is 7.97. The van der Waals surface area contributed by atoms with Gasteiger partial charge in [-0.3, -0.25) is 4.79 Å². The molecule has 1 heterocycles. The molecule has 0 saturated heterocycles. The number of anilines is 4. The van der Waals surface area contributed by atoms with Gasteiger partial charge in [0.05, 0.1) is 32.7 Å². The minimum Gasteiger partial charge on any atom is -0.397 e. The molecule has 0 saturated carbocycles. The normalized spacial score (nSPS) is 11.3. The van der Waals surface area contributed by atoms with Crippen molar-refractivity contribution in [1.82, 2.24) is 4.98 Å². The lowest BCUT2D eigenvalue weighted by Gasteiger charge is -2.11. The van der Waals surface area contributed by atoms with Gasteiger partial charge >= 0.3 is 6.18 Å². The first-order valence-electron chi connectivity index (χ1n) is 7.60. The number of alkyl halides is 3. The monoisotopic (exact) mass is 446 g/mol. The van der Waals surface area contributed by atoms with Gasteiger partial charge in [-0.1, -0.05) is 29.3 Å². The highest BCUT2D eigenvalue weighted by atomic mass is 35.5. The Morgan fingerprint density at radius 3 is 2.43 bits per heavy atom. The third kappa shape index (κ3) is 4.49. The van der Waals surface area contributed by atoms with Gasteiger partial charge in [-0.15, -0.1) is 11.3 Å². The van der Waals surface area contributed by atoms with Crippen molar-refractivity contribution in [2.75, 3.05) is 16.4 Å². The molecule has 0 aliphatic heterocycles. The number of hydrogen-bond donors (Lipinski definition) is 3. The molecule has 0 aliphatic rings. The van der Waals surface area contributed by atoms with Gasteiger partial charge in [0, 0.05) is 5.38 Å². The third-order valence-corrected chi connectivity index (χ3v) is 4.95. The van der Waals surface area contributed by atoms with E-state index >= 15 is 0 Å². The Hall–Kier alpha value is -2.49. The standard InChI is InChI=1S/C17H11Cl2F3N4OS/c18-9-2-1-3-10(19)14(9)26-16-25-13(7-28-16)15(27)24-12-5-4-8(6-11(12)23)17(20,21)22/h1-7H,23H2,(H,24,27)(H,25,26). The van der Waals surface area contributed by atoms with Gasteiger partial charge in [-0.05, 0) is 30.3 Å². The minimum atomic E-state index is -4.52. The molecular formula is C17H11Cl2F3N4OS. The number of halogens is 5. The Balaban J connectivity index is 1.74. The van der Waals surface area contributed by atoms with E-state index in [2.05, 4.69) is 15.6 Å². The van der Waals surface area contributed by atoms with Gasteiger partial charge in [-0.2, -0.15) is 13.2 Å². The number of nitrogens with one attached hydrogen (secondary N) is 2. The average Bonchev–Trinajstić information content (AvgIpc) is 3.08. The van der Waals surface area contributed by atoms with Crippen molar-refractivity contribution in [1.29, 1.82) is 0 Å². The Bertz CT molecular complexity index is 1020. The van der Waals surface area contributed by atoms with Crippen LogP contribution in [0.1, 0.15) is 16.1 Å². The Kier molecular flexibility index (Phi) is 5.69. The zero-order chi connectivity index (χ0) is 20.5. The summed E-state index contributed by atoms with van der Waals surface area (Å²) in [5.41, 5.74) is 5.04. The first-order valence-corrected chi connectivity index (χ1v) is 9.23. The maximum atomic E-state index is 12.7. The van der Waals surface area contributed by atoms with Gasteiger partial charge in [0.25, 0.3) is 5.91 Å². The number of nitrogen functional groups attached to an aromatic ring is 1. The zero-order valence-electron chi connectivity index (χ0n) is 13.8. The number of thiazole rings is 1. The number of carbonyl (C=O) groups is 1. The van der Waals surface area contributed by atoms with E-state index in [0.717, 1.165) is 29.5 Å². The van der Waals surface area contributed by atoms with E-state index < -0.39 is 17.6 Å². The number of benzene rings is 2. The summed E-state index contributed by atoms with van der Waals surface area (Å²) in [5.74, 6) is -0.624. The van der Waals surface area contributed by atoms with Gasteiger partial charge in [0.1, 0.15) is 5.69 Å². The van der Waals surface area contributed by atoms with Crippen molar-refractivity contribution < 1.29 is 18.0 Å². The van der Waals surface area contributed by atoms with Crippen molar-refractivity contribution in [3.8, 4) is 0 Å². The van der Waals surface area contributed by atoms with Crippen LogP contribution in [-0.2, 0) is 6.18 Å². The van der Waals surface area contributed by atoms with Gasteiger partial charge < -0.3 is 16.4 Å². The Labute approximate surface area is 171 Å². The van der Waals surface area contributed by atoms with Crippen LogP contribution in [0.2, 0.25) is 10.0 Å². The highest BCUT2D eigenvalue weighted by molar-refractivity contribution is 7.14. The van der Waals surface area contributed by atoms with E-state index in [9.17, 15) is 18.0 Å². The van der Waals surface area contributed by atoms with Crippen LogP contribution >= 0.6 is 34.5 Å². The van der Waals surface area contributed by atoms with Gasteiger partial charge in [-0.25, -0.2) is 4.98 Å². The molecule has 3 aromatic rings. The molecule has 28 heavy (non-hydrogen) atoms. The molecule has 0 radical (unpaired) electrons. The van der Waals surface area contributed by atoms with Crippen LogP contribution in [0, 0.1) is 0 Å². The summed E-state index contributed by atoms with van der Waals surface area (Å²) >= 11 is 13.3. The highest BCUT2D eigenvalue weighted by Gasteiger charge is 2.31. The molecular weight excluding hydrogens is 436 g/mol. The van der Waals surface area contributed by atoms with Crippen molar-refractivity contribution in [3.05, 3.63) is 63.1 Å². The number of amides is 1. The number of nitrogens with zero attached hydrogens (tertiary/aromatic N) is 1. The van der Waals surface area contributed by atoms with Crippen molar-refractivity contribution in [3.63, 3.8) is 0 Å². The van der Waals surface area contributed by atoms with Crippen LogP contribution in [0.3, 0.4) is 0 Å². The summed E-state index contributed by atoms with van der Waals surface area (Å²) in [6.45, 7) is 0. The summed E-state index contributed by atoms with van der Waals surface area (Å²) in [7, 11) is 0. The fraction of sp³-hybridized carbons (Fsp3) is 0.0588. The molecule has 11 heteroatoms. The first-order chi connectivity index (χ1) is 13.1. The smallest absolute Gasteiger partial charge is 0.397 e. The molecule has 3 rings (SSSR count). The molecule has 0 unspecified atom stereocenters. The number of aromatic nitrogens is 1. The van der Waals surface area contributed by atoms with Crippen LogP contribution in [0.25, 0.3) is 0 Å². The second kappa shape index (κ2) is 7.86. The van der Waals surface area contributed by atoms with E-state index in [4.69, 9.17) is 28.9 Å². The molecule has 5 nitrogen and oxygen atoms in total. The highest BCUT2D eigenvalue weighted by Crippen LogP contribution is 2.34. The molecule has 4 N–H and O–H groups in total. The minimum absolute atomic E-state index is 0.0506. The largest absolute Gasteiger partial charge is 0.416 e. The molecule has 146 valence electrons. The molecule has 0 spiro atoms. The molecule has 1 aromatic heterocycles. The topological polar surface area (TPSA) is 80.0 Å².